The van der Waals surface area contributed by atoms with Crippen LogP contribution in [0, 0.1) is 0 Å². The number of hydrogen-bond acceptors (Lipinski definition) is 2. The summed E-state index contributed by atoms with van der Waals surface area (Å²) in [6.45, 7) is 0. The second-order valence-corrected chi connectivity index (χ2v) is 5.61. The standard InChI is InChI=1S/C18H13ClN2O/c1-22-15-6-4-11-8-13(3-2-12(11)9-15)18-20-16-7-5-14(19)10-17(16)21-18/h2-10H,1H3,(H,20,21). The number of fused-ring (bicyclic) bond motifs is 2. The summed E-state index contributed by atoms with van der Waals surface area (Å²) in [4.78, 5) is 7.95. The Hall–Kier alpha value is -2.52. The summed E-state index contributed by atoms with van der Waals surface area (Å²) in [7, 11) is 1.68. The van der Waals surface area contributed by atoms with Crippen LogP contribution >= 0.6 is 11.6 Å². The van der Waals surface area contributed by atoms with Crippen LogP contribution in [0.3, 0.4) is 0 Å². The molecule has 1 heterocycles. The third kappa shape index (κ3) is 2.20. The Bertz CT molecular complexity index is 991. The van der Waals surface area contributed by atoms with Crippen molar-refractivity contribution in [2.24, 2.45) is 0 Å². The van der Waals surface area contributed by atoms with Crippen LogP contribution in [-0.4, -0.2) is 17.1 Å². The molecular weight excluding hydrogens is 296 g/mol. The van der Waals surface area contributed by atoms with Crippen LogP contribution in [-0.2, 0) is 0 Å². The predicted octanol–water partition coefficient (Wildman–Crippen LogP) is 5.05. The van der Waals surface area contributed by atoms with E-state index in [4.69, 9.17) is 16.3 Å². The molecule has 0 saturated heterocycles. The summed E-state index contributed by atoms with van der Waals surface area (Å²) in [6, 6.07) is 18.0. The monoisotopic (exact) mass is 308 g/mol. The lowest BCUT2D eigenvalue weighted by Gasteiger charge is -2.04. The molecule has 1 N–H and O–H groups in total. The number of ether oxygens (including phenoxy) is 1. The van der Waals surface area contributed by atoms with Crippen molar-refractivity contribution in [2.75, 3.05) is 7.11 Å². The number of methoxy groups -OCH3 is 1. The van der Waals surface area contributed by atoms with E-state index in [0.29, 0.717) is 5.02 Å². The molecule has 0 amide bonds. The average molecular weight is 309 g/mol. The summed E-state index contributed by atoms with van der Waals surface area (Å²) in [5.41, 5.74) is 2.90. The summed E-state index contributed by atoms with van der Waals surface area (Å²) in [5, 5.41) is 2.99. The van der Waals surface area contributed by atoms with E-state index < -0.39 is 0 Å². The maximum absolute atomic E-state index is 6.02. The van der Waals surface area contributed by atoms with Gasteiger partial charge in [0.1, 0.15) is 11.6 Å². The minimum Gasteiger partial charge on any atom is -0.497 e. The number of hydrogen-bond donors (Lipinski definition) is 1. The summed E-state index contributed by atoms with van der Waals surface area (Å²) >= 11 is 6.02. The van der Waals surface area contributed by atoms with Gasteiger partial charge in [-0.1, -0.05) is 29.8 Å². The molecule has 4 heteroatoms. The van der Waals surface area contributed by atoms with Crippen molar-refractivity contribution in [3.8, 4) is 17.1 Å². The maximum atomic E-state index is 6.02. The number of nitrogens with zero attached hydrogens (tertiary/aromatic N) is 1. The largest absolute Gasteiger partial charge is 0.497 e. The second kappa shape index (κ2) is 5.04. The van der Waals surface area contributed by atoms with E-state index in [1.807, 2.05) is 30.3 Å². The smallest absolute Gasteiger partial charge is 0.138 e. The molecule has 0 bridgehead atoms. The Kier molecular flexibility index (Phi) is 3.01. The van der Waals surface area contributed by atoms with Gasteiger partial charge in [0, 0.05) is 10.6 Å². The van der Waals surface area contributed by atoms with Gasteiger partial charge in [0.15, 0.2) is 0 Å². The Morgan fingerprint density at radius 3 is 2.64 bits per heavy atom. The zero-order chi connectivity index (χ0) is 15.1. The fourth-order valence-electron chi connectivity index (χ4n) is 2.62. The topological polar surface area (TPSA) is 37.9 Å². The number of aromatic amines is 1. The van der Waals surface area contributed by atoms with Gasteiger partial charge in [0.25, 0.3) is 0 Å². The number of nitrogens with one attached hydrogen (secondary N) is 1. The molecule has 0 aliphatic carbocycles. The van der Waals surface area contributed by atoms with Gasteiger partial charge in [-0.2, -0.15) is 0 Å². The lowest BCUT2D eigenvalue weighted by atomic mass is 10.1. The van der Waals surface area contributed by atoms with Crippen LogP contribution in [0.5, 0.6) is 5.75 Å². The highest BCUT2D eigenvalue weighted by Crippen LogP contribution is 2.27. The highest BCUT2D eigenvalue weighted by Gasteiger charge is 2.07. The SMILES string of the molecule is COc1ccc2cc(-c3nc4ccc(Cl)cc4[nH]3)ccc2c1. The van der Waals surface area contributed by atoms with E-state index in [9.17, 15) is 0 Å². The maximum Gasteiger partial charge on any atom is 0.138 e. The third-order valence-corrected chi connectivity index (χ3v) is 4.00. The van der Waals surface area contributed by atoms with Crippen LogP contribution in [0.1, 0.15) is 0 Å². The molecule has 0 aliphatic heterocycles. The molecule has 22 heavy (non-hydrogen) atoms. The van der Waals surface area contributed by atoms with Crippen LogP contribution in [0.25, 0.3) is 33.2 Å². The van der Waals surface area contributed by atoms with Gasteiger partial charge in [-0.3, -0.25) is 0 Å². The van der Waals surface area contributed by atoms with Gasteiger partial charge in [-0.15, -0.1) is 0 Å². The van der Waals surface area contributed by atoms with Gasteiger partial charge in [0.05, 0.1) is 18.1 Å². The molecular formula is C18H13ClN2O. The summed E-state index contributed by atoms with van der Waals surface area (Å²) in [6.07, 6.45) is 0. The lowest BCUT2D eigenvalue weighted by Crippen LogP contribution is -1.84. The third-order valence-electron chi connectivity index (χ3n) is 3.76. The number of benzene rings is 3. The molecule has 108 valence electrons. The van der Waals surface area contributed by atoms with E-state index in [2.05, 4.69) is 34.2 Å². The Balaban J connectivity index is 1.84. The van der Waals surface area contributed by atoms with E-state index in [1.165, 1.54) is 0 Å². The molecule has 0 atom stereocenters. The highest BCUT2D eigenvalue weighted by atomic mass is 35.5. The second-order valence-electron chi connectivity index (χ2n) is 5.17. The van der Waals surface area contributed by atoms with Crippen molar-refractivity contribution in [2.45, 2.75) is 0 Å². The summed E-state index contributed by atoms with van der Waals surface area (Å²) < 4.78 is 5.26. The van der Waals surface area contributed by atoms with Gasteiger partial charge in [0.2, 0.25) is 0 Å². The van der Waals surface area contributed by atoms with E-state index in [0.717, 1.165) is 38.9 Å². The Labute approximate surface area is 132 Å². The van der Waals surface area contributed by atoms with Crippen molar-refractivity contribution in [1.29, 1.82) is 0 Å². The van der Waals surface area contributed by atoms with Crippen molar-refractivity contribution in [1.82, 2.24) is 9.97 Å². The van der Waals surface area contributed by atoms with Crippen molar-refractivity contribution >= 4 is 33.4 Å². The van der Waals surface area contributed by atoms with Crippen LogP contribution in [0.2, 0.25) is 5.02 Å². The molecule has 0 unspecified atom stereocenters. The number of halogens is 1. The Morgan fingerprint density at radius 1 is 0.955 bits per heavy atom. The van der Waals surface area contributed by atoms with Crippen molar-refractivity contribution in [3.63, 3.8) is 0 Å². The fourth-order valence-corrected chi connectivity index (χ4v) is 2.79. The molecule has 0 fully saturated rings. The first-order chi connectivity index (χ1) is 10.7. The van der Waals surface area contributed by atoms with Gasteiger partial charge in [-0.05, 0) is 47.2 Å². The molecule has 0 radical (unpaired) electrons. The van der Waals surface area contributed by atoms with Crippen LogP contribution < -0.4 is 4.74 Å². The molecule has 1 aromatic heterocycles. The number of H-pyrrole nitrogens is 1. The fraction of sp³-hybridized carbons (Fsp3) is 0.0556. The minimum absolute atomic E-state index is 0.702. The normalized spacial score (nSPS) is 11.2. The lowest BCUT2D eigenvalue weighted by molar-refractivity contribution is 0.415. The van der Waals surface area contributed by atoms with Crippen LogP contribution in [0.15, 0.2) is 54.6 Å². The molecule has 4 aromatic rings. The molecule has 0 saturated carbocycles. The van der Waals surface area contributed by atoms with Gasteiger partial charge in [-0.25, -0.2) is 4.98 Å². The quantitative estimate of drug-likeness (QED) is 0.563. The number of rotatable bonds is 2. The molecule has 3 nitrogen and oxygen atoms in total. The molecule has 0 aliphatic rings. The zero-order valence-electron chi connectivity index (χ0n) is 11.9. The van der Waals surface area contributed by atoms with Gasteiger partial charge < -0.3 is 9.72 Å². The van der Waals surface area contributed by atoms with Crippen LogP contribution in [0.4, 0.5) is 0 Å². The zero-order valence-corrected chi connectivity index (χ0v) is 12.7. The molecule has 4 rings (SSSR count). The van der Waals surface area contributed by atoms with E-state index >= 15 is 0 Å². The predicted molar refractivity (Wildman–Crippen MR) is 90.6 cm³/mol. The molecule has 0 spiro atoms. The first kappa shape index (κ1) is 13.2. The minimum atomic E-state index is 0.702. The average Bonchev–Trinajstić information content (AvgIpc) is 2.96. The first-order valence-corrected chi connectivity index (χ1v) is 7.34. The van der Waals surface area contributed by atoms with E-state index in [1.54, 1.807) is 7.11 Å². The van der Waals surface area contributed by atoms with Crippen molar-refractivity contribution in [3.05, 3.63) is 59.6 Å². The summed E-state index contributed by atoms with van der Waals surface area (Å²) in [5.74, 6) is 1.70. The van der Waals surface area contributed by atoms with Crippen molar-refractivity contribution < 1.29 is 4.74 Å². The number of imidazole rings is 1. The number of aromatic nitrogens is 2. The van der Waals surface area contributed by atoms with E-state index in [-0.39, 0.29) is 0 Å². The molecule has 3 aromatic carbocycles. The highest BCUT2D eigenvalue weighted by molar-refractivity contribution is 6.31. The first-order valence-electron chi connectivity index (χ1n) is 6.96. The van der Waals surface area contributed by atoms with Gasteiger partial charge >= 0.3 is 0 Å². The Morgan fingerprint density at radius 2 is 1.77 bits per heavy atom.